The minimum absolute atomic E-state index is 0.0244. The van der Waals surface area contributed by atoms with Crippen LogP contribution in [-0.4, -0.2) is 33.8 Å². The minimum Gasteiger partial charge on any atom is -0.481 e. The van der Waals surface area contributed by atoms with E-state index in [4.69, 9.17) is 0 Å². The zero-order valence-electron chi connectivity index (χ0n) is 27.2. The van der Waals surface area contributed by atoms with Gasteiger partial charge in [-0.3, -0.25) is 19.2 Å². The Morgan fingerprint density at radius 1 is 0.780 bits per heavy atom. The van der Waals surface area contributed by atoms with Gasteiger partial charge in [-0.1, -0.05) is 72.8 Å². The van der Waals surface area contributed by atoms with Gasteiger partial charge in [0.1, 0.15) is 5.82 Å². The van der Waals surface area contributed by atoms with E-state index >= 15 is 0 Å². The van der Waals surface area contributed by atoms with Gasteiger partial charge in [0.15, 0.2) is 5.13 Å². The lowest BCUT2D eigenvalue weighted by Gasteiger charge is -2.49. The van der Waals surface area contributed by atoms with E-state index < -0.39 is 22.8 Å². The summed E-state index contributed by atoms with van der Waals surface area (Å²) in [6, 6.07) is 25.1. The molecule has 252 valence electrons. The highest BCUT2D eigenvalue weighted by atomic mass is 32.1. The third kappa shape index (κ3) is 4.82. The van der Waals surface area contributed by atoms with Crippen LogP contribution >= 0.6 is 11.3 Å². The van der Waals surface area contributed by atoms with E-state index in [-0.39, 0.29) is 41.4 Å². The first kappa shape index (κ1) is 31.8. The van der Waals surface area contributed by atoms with Crippen molar-refractivity contribution >= 4 is 50.9 Å². The van der Waals surface area contributed by atoms with E-state index in [1.807, 2.05) is 73.0 Å². The Bertz CT molecular complexity index is 2250. The maximum atomic E-state index is 14.2. The zero-order chi connectivity index (χ0) is 34.9. The predicted octanol–water partition coefficient (Wildman–Crippen LogP) is 6.84. The highest BCUT2D eigenvalue weighted by Crippen LogP contribution is 2.54. The van der Waals surface area contributed by atoms with E-state index in [0.717, 1.165) is 33.2 Å². The molecule has 5 aromatic rings. The fourth-order valence-electron chi connectivity index (χ4n) is 8.21. The number of halogens is 1. The number of carbonyl (C=O) groups excluding carboxylic acids is 3. The van der Waals surface area contributed by atoms with Crippen LogP contribution in [0, 0.1) is 16.6 Å². The van der Waals surface area contributed by atoms with Crippen LogP contribution in [0.25, 0.3) is 22.0 Å². The van der Waals surface area contributed by atoms with Crippen molar-refractivity contribution in [3.63, 3.8) is 0 Å². The summed E-state index contributed by atoms with van der Waals surface area (Å²) in [5, 5.41) is 21.9. The molecule has 2 fully saturated rings. The lowest BCUT2D eigenvalue weighted by molar-refractivity contribution is -0.155. The smallest absolute Gasteiger partial charge is 0.311 e. The largest absolute Gasteiger partial charge is 0.481 e. The van der Waals surface area contributed by atoms with Gasteiger partial charge in [0.25, 0.3) is 0 Å². The summed E-state index contributed by atoms with van der Waals surface area (Å²) in [5.41, 5.74) is 3.76. The molecule has 6 atom stereocenters. The van der Waals surface area contributed by atoms with Gasteiger partial charge >= 0.3 is 5.97 Å². The number of fused-ring (bicyclic) bond motifs is 5. The standard InChI is InChI=1S/C26H20FN3O2S.C13H13NO3/c1-26(12-19-15-7-3-5-9-18(15)22(26)29-23(19)31)24(32)30-25-28-21(13-33-25)17-10-11-20(27)16-8-4-2-6-14(16)17;1-13(12(16)17)6-9-7-4-2-3-5-8(7)10(13)14-11(9)15/h2-11,13,19,22H,12H2,1H3,(H,29,31)(H,28,30,32);2-5,9-10H,6H2,1H3,(H,14,15)(H,16,17). The third-order valence-corrected chi connectivity index (χ3v) is 11.7. The lowest BCUT2D eigenvalue weighted by Crippen LogP contribution is -2.57. The molecule has 11 rings (SSSR count). The van der Waals surface area contributed by atoms with Crippen LogP contribution in [0.4, 0.5) is 9.52 Å². The maximum absolute atomic E-state index is 14.2. The molecule has 0 radical (unpaired) electrons. The van der Waals surface area contributed by atoms with E-state index in [9.17, 15) is 28.7 Å². The number of carboxylic acids is 1. The van der Waals surface area contributed by atoms with Gasteiger partial charge in [0.2, 0.25) is 17.7 Å². The average Bonchev–Trinajstić information content (AvgIpc) is 3.58. The second-order valence-corrected chi connectivity index (χ2v) is 14.8. The highest BCUT2D eigenvalue weighted by Gasteiger charge is 2.56. The Kier molecular flexibility index (Phi) is 7.37. The number of nitrogens with one attached hydrogen (secondary N) is 3. The molecule has 1 aromatic heterocycles. The van der Waals surface area contributed by atoms with Gasteiger partial charge in [0.05, 0.1) is 40.4 Å². The van der Waals surface area contributed by atoms with Crippen LogP contribution in [-0.2, 0) is 19.2 Å². The Morgan fingerprint density at radius 2 is 1.30 bits per heavy atom. The number of hydrogen-bond donors (Lipinski definition) is 4. The maximum Gasteiger partial charge on any atom is 0.311 e. The van der Waals surface area contributed by atoms with E-state index in [0.29, 0.717) is 29.1 Å². The van der Waals surface area contributed by atoms with Gasteiger partial charge in [-0.15, -0.1) is 11.3 Å². The topological polar surface area (TPSA) is 137 Å². The van der Waals surface area contributed by atoms with E-state index in [2.05, 4.69) is 20.9 Å². The van der Waals surface area contributed by atoms with Crippen LogP contribution in [0.3, 0.4) is 0 Å². The van der Waals surface area contributed by atoms with Crippen molar-refractivity contribution in [2.45, 2.75) is 50.6 Å². The number of aromatic nitrogens is 1. The number of rotatable bonds is 4. The molecule has 9 nitrogen and oxygen atoms in total. The molecule has 4 bridgehead atoms. The van der Waals surface area contributed by atoms with Gasteiger partial charge in [-0.25, -0.2) is 9.37 Å². The van der Waals surface area contributed by atoms with Gasteiger partial charge in [0, 0.05) is 16.3 Å². The molecular formula is C39H33FN4O5S. The molecule has 4 N–H and O–H groups in total. The Hall–Kier alpha value is -5.42. The van der Waals surface area contributed by atoms with Crippen LogP contribution in [0.5, 0.6) is 0 Å². The normalized spacial score (nSPS) is 26.9. The number of hydrogen-bond acceptors (Lipinski definition) is 6. The number of piperidine rings is 2. The SMILES string of the molecule is CC1(C(=O)Nc2nc(-c3ccc(F)c4ccccc34)cs2)CC2C(=O)NC1c1ccccc12.CC1(C(=O)O)CC2C(=O)NC1c1ccccc12. The van der Waals surface area contributed by atoms with E-state index in [1.54, 1.807) is 25.1 Å². The number of nitrogens with zero attached hydrogens (tertiary/aromatic N) is 1. The van der Waals surface area contributed by atoms with Crippen molar-refractivity contribution in [3.8, 4) is 11.3 Å². The summed E-state index contributed by atoms with van der Waals surface area (Å²) < 4.78 is 14.2. The van der Waals surface area contributed by atoms with Crippen molar-refractivity contribution < 1.29 is 28.7 Å². The molecule has 0 spiro atoms. The second kappa shape index (κ2) is 11.6. The average molecular weight is 689 g/mol. The van der Waals surface area contributed by atoms with Crippen LogP contribution in [0.2, 0.25) is 0 Å². The molecule has 50 heavy (non-hydrogen) atoms. The summed E-state index contributed by atoms with van der Waals surface area (Å²) in [6.45, 7) is 3.61. The Labute approximate surface area is 290 Å². The molecule has 11 heteroatoms. The first-order valence-corrected chi connectivity index (χ1v) is 17.3. The summed E-state index contributed by atoms with van der Waals surface area (Å²) in [7, 11) is 0. The predicted molar refractivity (Wildman–Crippen MR) is 187 cm³/mol. The van der Waals surface area contributed by atoms with Crippen LogP contribution in [0.15, 0.2) is 90.3 Å². The van der Waals surface area contributed by atoms with Crippen molar-refractivity contribution in [2.75, 3.05) is 5.32 Å². The molecule has 3 amide bonds. The Morgan fingerprint density at radius 3 is 1.90 bits per heavy atom. The molecule has 5 heterocycles. The molecule has 0 saturated carbocycles. The number of benzene rings is 4. The van der Waals surface area contributed by atoms with Crippen LogP contribution in [0.1, 0.15) is 72.9 Å². The minimum atomic E-state index is -0.896. The first-order chi connectivity index (χ1) is 24.0. The summed E-state index contributed by atoms with van der Waals surface area (Å²) >= 11 is 1.33. The third-order valence-electron chi connectivity index (χ3n) is 11.0. The lowest BCUT2D eigenvalue weighted by atomic mass is 9.61. The van der Waals surface area contributed by atoms with Crippen LogP contribution < -0.4 is 16.0 Å². The fraction of sp³-hybridized carbons (Fsp3) is 0.256. The fourth-order valence-corrected chi connectivity index (χ4v) is 8.92. The number of carbonyl (C=O) groups is 4. The molecule has 2 aliphatic carbocycles. The number of amides is 3. The molecular weight excluding hydrogens is 656 g/mol. The second-order valence-electron chi connectivity index (χ2n) is 13.9. The molecule has 6 unspecified atom stereocenters. The van der Waals surface area contributed by atoms with Crippen molar-refractivity contribution in [1.82, 2.24) is 15.6 Å². The molecule has 4 aliphatic heterocycles. The summed E-state index contributed by atoms with van der Waals surface area (Å²) in [5.74, 6) is -2.02. The Balaban J connectivity index is 0.000000178. The highest BCUT2D eigenvalue weighted by molar-refractivity contribution is 7.14. The number of carboxylic acid groups (broad SMARTS) is 1. The monoisotopic (exact) mass is 688 g/mol. The zero-order valence-corrected chi connectivity index (χ0v) is 28.0. The van der Waals surface area contributed by atoms with Gasteiger partial charge < -0.3 is 21.1 Å². The van der Waals surface area contributed by atoms with Crippen molar-refractivity contribution in [3.05, 3.63) is 118 Å². The van der Waals surface area contributed by atoms with E-state index in [1.165, 1.54) is 17.4 Å². The first-order valence-electron chi connectivity index (χ1n) is 16.5. The molecule has 6 aliphatic rings. The molecule has 4 aromatic carbocycles. The molecule has 2 saturated heterocycles. The number of aliphatic carboxylic acids is 1. The quantitative estimate of drug-likeness (QED) is 0.163. The summed E-state index contributed by atoms with van der Waals surface area (Å²) in [4.78, 5) is 53.8. The number of anilines is 1. The van der Waals surface area contributed by atoms with Gasteiger partial charge in [-0.2, -0.15) is 0 Å². The van der Waals surface area contributed by atoms with Crippen molar-refractivity contribution in [1.29, 1.82) is 0 Å². The summed E-state index contributed by atoms with van der Waals surface area (Å²) in [6.07, 6.45) is 0.836. The van der Waals surface area contributed by atoms with Gasteiger partial charge in [-0.05, 0) is 66.5 Å². The number of thiazole rings is 1. The van der Waals surface area contributed by atoms with Crippen molar-refractivity contribution in [2.24, 2.45) is 10.8 Å².